The van der Waals surface area contributed by atoms with Crippen LogP contribution >= 0.6 is 0 Å². The van der Waals surface area contributed by atoms with Crippen LogP contribution in [0.2, 0.25) is 0 Å². The zero-order valence-corrected chi connectivity index (χ0v) is 21.8. The monoisotopic (exact) mass is 542 g/mol. The highest BCUT2D eigenvalue weighted by molar-refractivity contribution is 6.39. The summed E-state index contributed by atoms with van der Waals surface area (Å²) in [6, 6.07) is 15.0. The van der Waals surface area contributed by atoms with Crippen molar-refractivity contribution < 1.29 is 38.5 Å². The van der Waals surface area contributed by atoms with Gasteiger partial charge in [-0.3, -0.25) is 14.9 Å². The number of hydrogen-bond donors (Lipinski definition) is 2. The maximum Gasteiger partial charge on any atom is 0.335 e. The highest BCUT2D eigenvalue weighted by Crippen LogP contribution is 2.35. The first-order chi connectivity index (χ1) is 19.2. The molecule has 40 heavy (non-hydrogen) atoms. The van der Waals surface area contributed by atoms with Gasteiger partial charge in [-0.2, -0.15) is 0 Å². The summed E-state index contributed by atoms with van der Waals surface area (Å²) in [5.74, 6) is -1.31. The van der Waals surface area contributed by atoms with E-state index in [9.17, 15) is 19.2 Å². The molecule has 0 unspecified atom stereocenters. The van der Waals surface area contributed by atoms with Crippen molar-refractivity contribution in [2.24, 2.45) is 0 Å². The van der Waals surface area contributed by atoms with Gasteiger partial charge in [0.25, 0.3) is 11.8 Å². The molecular formula is C30H26N2O8. The van der Waals surface area contributed by atoms with Crippen molar-refractivity contribution in [2.45, 2.75) is 13.0 Å². The molecule has 4 rings (SSSR count). The number of carboxylic acids is 1. The molecule has 0 spiro atoms. The predicted octanol–water partition coefficient (Wildman–Crippen LogP) is 4.38. The number of carbonyl (C=O) groups excluding carboxylic acids is 3. The Morgan fingerprint density at radius 1 is 1.00 bits per heavy atom. The van der Waals surface area contributed by atoms with Crippen LogP contribution < -0.4 is 24.4 Å². The number of nitrogens with zero attached hydrogens (tertiary/aromatic N) is 1. The van der Waals surface area contributed by atoms with Crippen molar-refractivity contribution in [2.75, 3.05) is 19.1 Å². The molecule has 0 radical (unpaired) electrons. The Balaban J connectivity index is 1.66. The standard InChI is InChI=1S/C30H26N2O8/c1-4-5-21-14-19(16-25(39-3)26(21)40-17-18-6-8-20(9-7-18)29(35)36)15-24-27(33)31-30(37)32(28(24)34)22-10-12-23(38-2)13-11-22/h4,6-16H,1,5,17H2,2-3H3,(H,35,36)(H,31,33,37)/b24-15+. The SMILES string of the molecule is C=CCc1cc(/C=C2\C(=O)NC(=O)N(c3ccc(OC)cc3)C2=O)cc(OC)c1OCc1ccc(C(=O)O)cc1. The molecule has 10 nitrogen and oxygen atoms in total. The number of imide groups is 2. The fourth-order valence-electron chi connectivity index (χ4n) is 4.08. The Morgan fingerprint density at radius 3 is 2.30 bits per heavy atom. The largest absolute Gasteiger partial charge is 0.497 e. The summed E-state index contributed by atoms with van der Waals surface area (Å²) in [5.41, 5.74) is 2.08. The van der Waals surface area contributed by atoms with Gasteiger partial charge < -0.3 is 19.3 Å². The Morgan fingerprint density at radius 2 is 1.70 bits per heavy atom. The van der Waals surface area contributed by atoms with E-state index in [1.165, 1.54) is 44.6 Å². The van der Waals surface area contributed by atoms with Crippen LogP contribution in [0.4, 0.5) is 10.5 Å². The van der Waals surface area contributed by atoms with Crippen LogP contribution in [-0.2, 0) is 22.6 Å². The van der Waals surface area contributed by atoms with E-state index in [-0.39, 0.29) is 23.4 Å². The fourth-order valence-corrected chi connectivity index (χ4v) is 4.08. The van der Waals surface area contributed by atoms with Gasteiger partial charge in [-0.15, -0.1) is 6.58 Å². The Kier molecular flexibility index (Phi) is 8.29. The molecule has 10 heteroatoms. The minimum absolute atomic E-state index is 0.140. The number of aromatic carboxylic acids is 1. The number of amides is 4. The van der Waals surface area contributed by atoms with E-state index in [4.69, 9.17) is 19.3 Å². The average molecular weight is 543 g/mol. The van der Waals surface area contributed by atoms with E-state index < -0.39 is 23.8 Å². The van der Waals surface area contributed by atoms with E-state index in [2.05, 4.69) is 11.9 Å². The van der Waals surface area contributed by atoms with Crippen molar-refractivity contribution in [1.82, 2.24) is 5.32 Å². The number of hydrogen-bond acceptors (Lipinski definition) is 7. The lowest BCUT2D eigenvalue weighted by atomic mass is 10.0. The first-order valence-corrected chi connectivity index (χ1v) is 12.1. The molecule has 1 aliphatic rings. The second-order valence-corrected chi connectivity index (χ2v) is 8.65. The summed E-state index contributed by atoms with van der Waals surface area (Å²) in [5, 5.41) is 11.3. The molecule has 0 bridgehead atoms. The van der Waals surface area contributed by atoms with Gasteiger partial charge in [0, 0.05) is 5.56 Å². The minimum atomic E-state index is -1.02. The van der Waals surface area contributed by atoms with Crippen molar-refractivity contribution in [1.29, 1.82) is 0 Å². The van der Waals surface area contributed by atoms with E-state index >= 15 is 0 Å². The molecule has 1 saturated heterocycles. The number of rotatable bonds is 10. The third-order valence-corrected chi connectivity index (χ3v) is 6.07. The second-order valence-electron chi connectivity index (χ2n) is 8.65. The quantitative estimate of drug-likeness (QED) is 0.219. The molecule has 3 aromatic rings. The molecule has 0 atom stereocenters. The number of anilines is 1. The molecule has 0 saturated carbocycles. The number of nitrogens with one attached hydrogen (secondary N) is 1. The van der Waals surface area contributed by atoms with E-state index in [1.807, 2.05) is 0 Å². The Hall–Kier alpha value is -5.38. The van der Waals surface area contributed by atoms with Gasteiger partial charge in [-0.1, -0.05) is 18.2 Å². The molecule has 2 N–H and O–H groups in total. The van der Waals surface area contributed by atoms with Crippen molar-refractivity contribution in [3.8, 4) is 17.2 Å². The molecular weight excluding hydrogens is 516 g/mol. The van der Waals surface area contributed by atoms with Gasteiger partial charge in [0.1, 0.15) is 17.9 Å². The van der Waals surface area contributed by atoms with Crippen LogP contribution in [0.3, 0.4) is 0 Å². The number of urea groups is 1. The normalized spacial score (nSPS) is 14.1. The lowest BCUT2D eigenvalue weighted by Gasteiger charge is -2.26. The summed E-state index contributed by atoms with van der Waals surface area (Å²) in [7, 11) is 2.96. The fraction of sp³-hybridized carbons (Fsp3) is 0.133. The smallest absolute Gasteiger partial charge is 0.335 e. The van der Waals surface area contributed by atoms with E-state index in [0.717, 1.165) is 10.5 Å². The van der Waals surface area contributed by atoms with Crippen LogP contribution in [0.15, 0.2) is 78.9 Å². The van der Waals surface area contributed by atoms with Gasteiger partial charge >= 0.3 is 12.0 Å². The minimum Gasteiger partial charge on any atom is -0.497 e. The van der Waals surface area contributed by atoms with Gasteiger partial charge in [0.15, 0.2) is 11.5 Å². The zero-order valence-electron chi connectivity index (χ0n) is 21.8. The molecule has 4 amide bonds. The topological polar surface area (TPSA) is 131 Å². The maximum absolute atomic E-state index is 13.3. The van der Waals surface area contributed by atoms with Crippen LogP contribution in [-0.4, -0.2) is 43.1 Å². The van der Waals surface area contributed by atoms with E-state index in [0.29, 0.717) is 34.8 Å². The summed E-state index contributed by atoms with van der Waals surface area (Å²) < 4.78 is 16.7. The molecule has 3 aromatic carbocycles. The molecule has 1 heterocycles. The van der Waals surface area contributed by atoms with Gasteiger partial charge in [-0.05, 0) is 72.2 Å². The average Bonchev–Trinajstić information content (AvgIpc) is 2.95. The number of carbonyl (C=O) groups is 4. The summed E-state index contributed by atoms with van der Waals surface area (Å²) in [4.78, 5) is 50.5. The lowest BCUT2D eigenvalue weighted by Crippen LogP contribution is -2.54. The second kappa shape index (κ2) is 12.0. The number of allylic oxidation sites excluding steroid dienone is 1. The molecule has 1 aliphatic heterocycles. The molecule has 1 fully saturated rings. The summed E-state index contributed by atoms with van der Waals surface area (Å²) >= 11 is 0. The van der Waals surface area contributed by atoms with Gasteiger partial charge in [-0.25, -0.2) is 14.5 Å². The first kappa shape index (κ1) is 27.6. The van der Waals surface area contributed by atoms with Crippen LogP contribution in [0, 0.1) is 0 Å². The van der Waals surface area contributed by atoms with Gasteiger partial charge in [0.05, 0.1) is 25.5 Å². The Labute approximate surface area is 230 Å². The highest BCUT2D eigenvalue weighted by Gasteiger charge is 2.37. The van der Waals surface area contributed by atoms with Crippen molar-refractivity contribution in [3.63, 3.8) is 0 Å². The van der Waals surface area contributed by atoms with Crippen molar-refractivity contribution in [3.05, 3.63) is 101 Å². The van der Waals surface area contributed by atoms with Crippen molar-refractivity contribution >= 4 is 35.6 Å². The lowest BCUT2D eigenvalue weighted by molar-refractivity contribution is -0.122. The third-order valence-electron chi connectivity index (χ3n) is 6.07. The Bertz CT molecular complexity index is 1510. The zero-order chi connectivity index (χ0) is 28.8. The number of ether oxygens (including phenoxy) is 3. The highest BCUT2D eigenvalue weighted by atomic mass is 16.5. The summed E-state index contributed by atoms with van der Waals surface area (Å²) in [6.07, 6.45) is 3.43. The first-order valence-electron chi connectivity index (χ1n) is 12.1. The number of barbiturate groups is 1. The number of carboxylic acid groups (broad SMARTS) is 1. The molecule has 0 aromatic heterocycles. The van der Waals surface area contributed by atoms with E-state index in [1.54, 1.807) is 42.5 Å². The molecule has 0 aliphatic carbocycles. The molecule has 204 valence electrons. The predicted molar refractivity (Wildman–Crippen MR) is 147 cm³/mol. The van der Waals surface area contributed by atoms with Crippen LogP contribution in [0.25, 0.3) is 6.08 Å². The summed E-state index contributed by atoms with van der Waals surface area (Å²) in [6.45, 7) is 3.93. The van der Waals surface area contributed by atoms with Gasteiger partial charge in [0.2, 0.25) is 0 Å². The maximum atomic E-state index is 13.3. The van der Waals surface area contributed by atoms with Crippen LogP contribution in [0.5, 0.6) is 17.2 Å². The third kappa shape index (κ3) is 5.86. The number of methoxy groups -OCH3 is 2. The number of benzene rings is 3. The van der Waals surface area contributed by atoms with Crippen LogP contribution in [0.1, 0.15) is 27.0 Å².